The van der Waals surface area contributed by atoms with Gasteiger partial charge in [0, 0.05) is 32.4 Å². The van der Waals surface area contributed by atoms with Crippen molar-refractivity contribution in [2.45, 2.75) is 11.6 Å². The van der Waals surface area contributed by atoms with E-state index in [-0.39, 0.29) is 42.6 Å². The second-order valence-corrected chi connectivity index (χ2v) is 9.39. The summed E-state index contributed by atoms with van der Waals surface area (Å²) >= 11 is 0. The summed E-state index contributed by atoms with van der Waals surface area (Å²) in [5.74, 6) is -1.57. The smallest absolute Gasteiger partial charge is 0.284 e. The second-order valence-electron chi connectivity index (χ2n) is 7.52. The van der Waals surface area contributed by atoms with Gasteiger partial charge in [-0.3, -0.25) is 14.4 Å². The van der Waals surface area contributed by atoms with Crippen molar-refractivity contribution in [2.75, 3.05) is 26.2 Å². The van der Waals surface area contributed by atoms with Crippen LogP contribution in [0.4, 0.5) is 0 Å². The number of piperazine rings is 1. The molecule has 4 rings (SSSR count). The van der Waals surface area contributed by atoms with Gasteiger partial charge in [-0.25, -0.2) is 8.42 Å². The maximum atomic E-state index is 13.0. The van der Waals surface area contributed by atoms with E-state index in [1.807, 2.05) is 30.3 Å². The number of carbonyl (C=O) groups excluding carboxylic acids is 2. The molecule has 0 unspecified atom stereocenters. The Morgan fingerprint density at radius 3 is 2.27 bits per heavy atom. The van der Waals surface area contributed by atoms with Crippen molar-refractivity contribution in [1.82, 2.24) is 13.8 Å². The molecule has 0 bridgehead atoms. The fourth-order valence-corrected chi connectivity index (χ4v) is 4.96. The molecule has 1 aliphatic heterocycles. The highest BCUT2D eigenvalue weighted by Gasteiger charge is 2.33. The van der Waals surface area contributed by atoms with E-state index >= 15 is 0 Å². The standard InChI is InChI=1S/C22H22N4O6S/c23-20(27)18-8-9-19(32-18)33(30,31)26-13-11-24(12-14-26)21(28)17-7-4-10-25(22(17)29)15-16-5-2-1-3-6-16/h1-10H,11-15H2,(H2,23,27). The van der Waals surface area contributed by atoms with Crippen molar-refractivity contribution in [3.8, 4) is 0 Å². The molecule has 1 aromatic carbocycles. The fraction of sp³-hybridized carbons (Fsp3) is 0.227. The third-order valence-electron chi connectivity index (χ3n) is 5.39. The van der Waals surface area contributed by atoms with Crippen LogP contribution in [0, 0.1) is 0 Å². The maximum Gasteiger partial charge on any atom is 0.284 e. The molecule has 11 heteroatoms. The quantitative estimate of drug-likeness (QED) is 0.564. The van der Waals surface area contributed by atoms with Crippen LogP contribution in [0.25, 0.3) is 0 Å². The summed E-state index contributed by atoms with van der Waals surface area (Å²) in [5.41, 5.74) is 5.66. The van der Waals surface area contributed by atoms with Crippen LogP contribution in [0.5, 0.6) is 0 Å². The van der Waals surface area contributed by atoms with E-state index < -0.39 is 27.4 Å². The lowest BCUT2D eigenvalue weighted by molar-refractivity contribution is 0.0694. The minimum absolute atomic E-state index is 0.0196. The fourth-order valence-electron chi connectivity index (χ4n) is 3.62. The Balaban J connectivity index is 1.46. The van der Waals surface area contributed by atoms with E-state index in [0.29, 0.717) is 6.54 Å². The number of sulfonamides is 1. The van der Waals surface area contributed by atoms with Crippen molar-refractivity contribution in [1.29, 1.82) is 0 Å². The lowest BCUT2D eigenvalue weighted by Crippen LogP contribution is -2.51. The van der Waals surface area contributed by atoms with Crippen molar-refractivity contribution in [3.63, 3.8) is 0 Å². The third-order valence-corrected chi connectivity index (χ3v) is 7.16. The Morgan fingerprint density at radius 2 is 1.64 bits per heavy atom. The Hall–Kier alpha value is -3.70. The average molecular weight is 471 g/mol. The zero-order valence-corrected chi connectivity index (χ0v) is 18.4. The predicted octanol–water partition coefficient (Wildman–Crippen LogP) is 0.735. The van der Waals surface area contributed by atoms with Gasteiger partial charge < -0.3 is 19.6 Å². The zero-order chi connectivity index (χ0) is 23.6. The molecule has 0 radical (unpaired) electrons. The molecule has 1 saturated heterocycles. The van der Waals surface area contributed by atoms with Crippen LogP contribution in [0.3, 0.4) is 0 Å². The van der Waals surface area contributed by atoms with Crippen molar-refractivity contribution in [3.05, 3.63) is 88.0 Å². The number of benzene rings is 1. The highest BCUT2D eigenvalue weighted by atomic mass is 32.2. The second kappa shape index (κ2) is 9.04. The number of primary amides is 1. The monoisotopic (exact) mass is 470 g/mol. The number of rotatable bonds is 6. The molecule has 172 valence electrons. The molecule has 0 spiro atoms. The molecule has 2 amide bonds. The normalized spacial score (nSPS) is 14.8. The number of furan rings is 1. The van der Waals surface area contributed by atoms with Gasteiger partial charge in [0.25, 0.3) is 27.4 Å². The first kappa shape index (κ1) is 22.5. The number of amides is 2. The van der Waals surface area contributed by atoms with Crippen molar-refractivity contribution >= 4 is 21.8 Å². The van der Waals surface area contributed by atoms with Gasteiger partial charge >= 0.3 is 0 Å². The van der Waals surface area contributed by atoms with E-state index in [1.54, 1.807) is 12.3 Å². The van der Waals surface area contributed by atoms with E-state index in [4.69, 9.17) is 10.2 Å². The lowest BCUT2D eigenvalue weighted by atomic mass is 10.2. The van der Waals surface area contributed by atoms with Gasteiger partial charge in [-0.15, -0.1) is 0 Å². The number of nitrogens with two attached hydrogens (primary N) is 1. The molecule has 2 aromatic heterocycles. The maximum absolute atomic E-state index is 13.0. The molecule has 0 saturated carbocycles. The van der Waals surface area contributed by atoms with Gasteiger partial charge in [-0.2, -0.15) is 4.31 Å². The summed E-state index contributed by atoms with van der Waals surface area (Å²) in [7, 11) is -3.98. The molecule has 33 heavy (non-hydrogen) atoms. The minimum atomic E-state index is -3.98. The molecule has 2 N–H and O–H groups in total. The molecule has 3 aromatic rings. The summed E-state index contributed by atoms with van der Waals surface area (Å²) in [6, 6.07) is 14.9. The Bertz CT molecular complexity index is 1340. The molecular formula is C22H22N4O6S. The van der Waals surface area contributed by atoms with Gasteiger partial charge in [-0.1, -0.05) is 30.3 Å². The minimum Gasteiger partial charge on any atom is -0.438 e. The Morgan fingerprint density at radius 1 is 0.939 bits per heavy atom. The van der Waals surface area contributed by atoms with Crippen LogP contribution >= 0.6 is 0 Å². The molecule has 3 heterocycles. The first-order valence-corrected chi connectivity index (χ1v) is 11.6. The van der Waals surface area contributed by atoms with Crippen LogP contribution in [0.2, 0.25) is 0 Å². The summed E-state index contributed by atoms with van der Waals surface area (Å²) in [6.07, 6.45) is 1.63. The van der Waals surface area contributed by atoms with Gasteiger partial charge in [0.2, 0.25) is 5.09 Å². The highest BCUT2D eigenvalue weighted by molar-refractivity contribution is 7.89. The van der Waals surface area contributed by atoms with Crippen molar-refractivity contribution in [2.24, 2.45) is 5.73 Å². The molecule has 10 nitrogen and oxygen atoms in total. The summed E-state index contributed by atoms with van der Waals surface area (Å²) < 4.78 is 33.2. The number of pyridine rings is 1. The number of hydrogen-bond acceptors (Lipinski definition) is 6. The van der Waals surface area contributed by atoms with Crippen LogP contribution in [-0.2, 0) is 16.6 Å². The van der Waals surface area contributed by atoms with Crippen LogP contribution in [0.1, 0.15) is 26.5 Å². The number of carbonyl (C=O) groups is 2. The summed E-state index contributed by atoms with van der Waals surface area (Å²) in [4.78, 5) is 38.5. The first-order valence-electron chi connectivity index (χ1n) is 10.2. The SMILES string of the molecule is NC(=O)c1ccc(S(=O)(=O)N2CCN(C(=O)c3cccn(Cc4ccccc4)c3=O)CC2)o1. The number of nitrogens with zero attached hydrogens (tertiary/aromatic N) is 3. The molecule has 0 atom stereocenters. The predicted molar refractivity (Wildman–Crippen MR) is 118 cm³/mol. The topological polar surface area (TPSA) is 136 Å². The van der Waals surface area contributed by atoms with Gasteiger partial charge in [-0.05, 0) is 29.8 Å². The summed E-state index contributed by atoms with van der Waals surface area (Å²) in [6.45, 7) is 0.587. The van der Waals surface area contributed by atoms with Crippen LogP contribution in [0.15, 0.2) is 75.1 Å². The van der Waals surface area contributed by atoms with Crippen molar-refractivity contribution < 1.29 is 22.4 Å². The Kier molecular flexibility index (Phi) is 6.16. The van der Waals surface area contributed by atoms with Crippen LogP contribution in [-0.4, -0.2) is 60.2 Å². The number of hydrogen-bond donors (Lipinski definition) is 1. The average Bonchev–Trinajstić information content (AvgIpc) is 3.33. The first-order chi connectivity index (χ1) is 15.8. The van der Waals surface area contributed by atoms with E-state index in [2.05, 4.69) is 0 Å². The molecule has 1 aliphatic rings. The molecule has 1 fully saturated rings. The number of aromatic nitrogens is 1. The largest absolute Gasteiger partial charge is 0.438 e. The highest BCUT2D eigenvalue weighted by Crippen LogP contribution is 2.20. The summed E-state index contributed by atoms with van der Waals surface area (Å²) in [5, 5.41) is -0.386. The van der Waals surface area contributed by atoms with E-state index in [9.17, 15) is 22.8 Å². The van der Waals surface area contributed by atoms with E-state index in [1.165, 1.54) is 32.0 Å². The van der Waals surface area contributed by atoms with Gasteiger partial charge in [0.15, 0.2) is 5.76 Å². The van der Waals surface area contributed by atoms with Gasteiger partial charge in [0.1, 0.15) is 5.56 Å². The zero-order valence-electron chi connectivity index (χ0n) is 17.6. The molecule has 0 aliphatic carbocycles. The Labute approximate surface area is 189 Å². The third kappa shape index (κ3) is 4.59. The van der Waals surface area contributed by atoms with Crippen LogP contribution < -0.4 is 11.3 Å². The van der Waals surface area contributed by atoms with E-state index in [0.717, 1.165) is 5.56 Å². The molecular weight excluding hydrogens is 448 g/mol. The lowest BCUT2D eigenvalue weighted by Gasteiger charge is -2.33. The van der Waals surface area contributed by atoms with Gasteiger partial charge in [0.05, 0.1) is 6.54 Å².